The third kappa shape index (κ3) is 2.60. The van der Waals surface area contributed by atoms with Crippen molar-refractivity contribution >= 4 is 5.97 Å². The highest BCUT2D eigenvalue weighted by atomic mass is 16.5. The van der Waals surface area contributed by atoms with Crippen LogP contribution in [0.2, 0.25) is 0 Å². The van der Waals surface area contributed by atoms with Crippen LogP contribution in [-0.2, 0) is 16.1 Å². The number of hydrogen-bond acceptors (Lipinski definition) is 5. The molecule has 6 nitrogen and oxygen atoms in total. The fraction of sp³-hybridized carbons (Fsp3) is 0.182. The van der Waals surface area contributed by atoms with Crippen molar-refractivity contribution in [3.8, 4) is 17.0 Å². The number of carbonyl (C=O) groups is 1. The molecule has 2 rings (SSSR count). The maximum Gasteiger partial charge on any atom is 0.327 e. The van der Waals surface area contributed by atoms with Crippen LogP contribution in [0.3, 0.4) is 0 Å². The number of aromatic nitrogens is 3. The van der Waals surface area contributed by atoms with Crippen molar-refractivity contribution in [1.29, 1.82) is 0 Å². The van der Waals surface area contributed by atoms with E-state index in [1.807, 2.05) is 0 Å². The summed E-state index contributed by atoms with van der Waals surface area (Å²) < 4.78 is 6.00. The first-order chi connectivity index (χ1) is 8.19. The van der Waals surface area contributed by atoms with Gasteiger partial charge in [0, 0.05) is 11.8 Å². The quantitative estimate of drug-likeness (QED) is 0.794. The zero-order valence-corrected chi connectivity index (χ0v) is 9.20. The molecular formula is C11H11N3O3. The second-order valence-corrected chi connectivity index (χ2v) is 3.40. The zero-order chi connectivity index (χ0) is 12.3. The fourth-order valence-corrected chi connectivity index (χ4v) is 1.34. The summed E-state index contributed by atoms with van der Waals surface area (Å²) in [5, 5.41) is 13.1. The second kappa shape index (κ2) is 4.65. The molecule has 2 aromatic rings. The molecule has 0 atom stereocenters. The van der Waals surface area contributed by atoms with Gasteiger partial charge in [0.15, 0.2) is 0 Å². The molecular weight excluding hydrogens is 222 g/mol. The van der Waals surface area contributed by atoms with E-state index in [4.69, 9.17) is 5.11 Å². The van der Waals surface area contributed by atoms with Crippen LogP contribution >= 0.6 is 0 Å². The number of methoxy groups -OCH3 is 1. The van der Waals surface area contributed by atoms with Gasteiger partial charge in [-0.3, -0.25) is 14.5 Å². The lowest BCUT2D eigenvalue weighted by molar-refractivity contribution is -0.141. The Balaban J connectivity index is 2.18. The predicted molar refractivity (Wildman–Crippen MR) is 59.1 cm³/mol. The number of rotatable bonds is 3. The van der Waals surface area contributed by atoms with E-state index in [0.717, 1.165) is 5.56 Å². The Morgan fingerprint density at radius 1 is 1.47 bits per heavy atom. The molecule has 6 heteroatoms. The molecule has 1 N–H and O–H groups in total. The van der Waals surface area contributed by atoms with Crippen LogP contribution in [0.4, 0.5) is 0 Å². The Hall–Kier alpha value is -2.37. The molecule has 0 aliphatic rings. The first-order valence-electron chi connectivity index (χ1n) is 4.93. The summed E-state index contributed by atoms with van der Waals surface area (Å²) >= 11 is 0. The molecule has 17 heavy (non-hydrogen) atoms. The van der Waals surface area contributed by atoms with Crippen molar-refractivity contribution in [2.45, 2.75) is 6.54 Å². The van der Waals surface area contributed by atoms with Crippen molar-refractivity contribution in [2.24, 2.45) is 0 Å². The highest BCUT2D eigenvalue weighted by Gasteiger charge is 2.06. The van der Waals surface area contributed by atoms with Crippen LogP contribution in [0.25, 0.3) is 11.3 Å². The molecule has 0 saturated carbocycles. The van der Waals surface area contributed by atoms with E-state index in [1.165, 1.54) is 18.0 Å². The molecule has 0 aromatic carbocycles. The molecule has 0 aliphatic carbocycles. The molecule has 0 bridgehead atoms. The molecule has 0 saturated heterocycles. The monoisotopic (exact) mass is 233 g/mol. The van der Waals surface area contributed by atoms with Crippen molar-refractivity contribution in [2.75, 3.05) is 7.11 Å². The number of pyridine rings is 1. The van der Waals surface area contributed by atoms with Gasteiger partial charge in [-0.05, 0) is 12.1 Å². The van der Waals surface area contributed by atoms with Gasteiger partial charge < -0.3 is 9.84 Å². The molecule has 2 aromatic heterocycles. The summed E-state index contributed by atoms with van der Waals surface area (Å²) in [7, 11) is 1.33. The van der Waals surface area contributed by atoms with Crippen LogP contribution in [0.1, 0.15) is 0 Å². The zero-order valence-electron chi connectivity index (χ0n) is 9.20. The van der Waals surface area contributed by atoms with E-state index >= 15 is 0 Å². The standard InChI is InChI=1S/C11H11N3O3/c1-17-11(16)7-14-6-8(4-13-14)10-3-2-9(15)5-12-10/h2-6,15H,7H2,1H3. The van der Waals surface area contributed by atoms with E-state index < -0.39 is 0 Å². The highest BCUT2D eigenvalue weighted by Crippen LogP contribution is 2.17. The van der Waals surface area contributed by atoms with Crippen LogP contribution < -0.4 is 0 Å². The molecule has 0 radical (unpaired) electrons. The van der Waals surface area contributed by atoms with E-state index in [-0.39, 0.29) is 18.3 Å². The lowest BCUT2D eigenvalue weighted by Gasteiger charge is -1.98. The molecule has 88 valence electrons. The Morgan fingerprint density at radius 2 is 2.29 bits per heavy atom. The van der Waals surface area contributed by atoms with Gasteiger partial charge in [-0.2, -0.15) is 5.10 Å². The summed E-state index contributed by atoms with van der Waals surface area (Å²) in [6, 6.07) is 3.22. The van der Waals surface area contributed by atoms with Gasteiger partial charge in [-0.25, -0.2) is 0 Å². The Bertz CT molecular complexity index is 519. The molecule has 0 unspecified atom stereocenters. The molecule has 0 amide bonds. The third-order valence-electron chi connectivity index (χ3n) is 2.20. The summed E-state index contributed by atoms with van der Waals surface area (Å²) in [4.78, 5) is 15.1. The van der Waals surface area contributed by atoms with Crippen molar-refractivity contribution < 1.29 is 14.6 Å². The topological polar surface area (TPSA) is 77.2 Å². The van der Waals surface area contributed by atoms with Crippen molar-refractivity contribution in [1.82, 2.24) is 14.8 Å². The van der Waals surface area contributed by atoms with Gasteiger partial charge in [0.1, 0.15) is 12.3 Å². The first kappa shape index (κ1) is 11.1. The van der Waals surface area contributed by atoms with Gasteiger partial charge in [-0.1, -0.05) is 0 Å². The molecule has 2 heterocycles. The van der Waals surface area contributed by atoms with Gasteiger partial charge in [0.2, 0.25) is 0 Å². The van der Waals surface area contributed by atoms with E-state index in [0.29, 0.717) is 5.69 Å². The molecule has 0 aliphatic heterocycles. The van der Waals surface area contributed by atoms with Crippen molar-refractivity contribution in [3.05, 3.63) is 30.7 Å². The Morgan fingerprint density at radius 3 is 2.94 bits per heavy atom. The third-order valence-corrected chi connectivity index (χ3v) is 2.20. The number of hydrogen-bond donors (Lipinski definition) is 1. The summed E-state index contributed by atoms with van der Waals surface area (Å²) in [5.41, 5.74) is 1.45. The second-order valence-electron chi connectivity index (χ2n) is 3.40. The Kier molecular flexibility index (Phi) is 3.04. The SMILES string of the molecule is COC(=O)Cn1cc(-c2ccc(O)cn2)cn1. The van der Waals surface area contributed by atoms with E-state index in [1.54, 1.807) is 24.5 Å². The van der Waals surface area contributed by atoms with Crippen LogP contribution in [-0.4, -0.2) is 33.0 Å². The Labute approximate surface area is 97.5 Å². The van der Waals surface area contributed by atoms with Gasteiger partial charge >= 0.3 is 5.97 Å². The first-order valence-corrected chi connectivity index (χ1v) is 4.93. The number of esters is 1. The maximum absolute atomic E-state index is 11.0. The number of aromatic hydroxyl groups is 1. The minimum absolute atomic E-state index is 0.0641. The minimum Gasteiger partial charge on any atom is -0.506 e. The van der Waals surface area contributed by atoms with Gasteiger partial charge in [0.05, 0.1) is 25.2 Å². The molecule has 0 spiro atoms. The average molecular weight is 233 g/mol. The van der Waals surface area contributed by atoms with Crippen LogP contribution in [0, 0.1) is 0 Å². The largest absolute Gasteiger partial charge is 0.506 e. The summed E-state index contributed by atoms with van der Waals surface area (Å²) in [5.74, 6) is -0.256. The lowest BCUT2D eigenvalue weighted by Crippen LogP contribution is -2.11. The number of carbonyl (C=O) groups excluding carboxylic acids is 1. The van der Waals surface area contributed by atoms with E-state index in [2.05, 4.69) is 14.8 Å². The number of nitrogens with zero attached hydrogens (tertiary/aromatic N) is 3. The summed E-state index contributed by atoms with van der Waals surface area (Å²) in [6.07, 6.45) is 4.64. The van der Waals surface area contributed by atoms with Crippen LogP contribution in [0.5, 0.6) is 5.75 Å². The fourth-order valence-electron chi connectivity index (χ4n) is 1.34. The normalized spacial score (nSPS) is 10.2. The maximum atomic E-state index is 11.0. The van der Waals surface area contributed by atoms with Gasteiger partial charge in [0.25, 0.3) is 0 Å². The minimum atomic E-state index is -0.363. The smallest absolute Gasteiger partial charge is 0.327 e. The average Bonchev–Trinajstić information content (AvgIpc) is 2.78. The van der Waals surface area contributed by atoms with E-state index in [9.17, 15) is 4.79 Å². The predicted octanol–water partition coefficient (Wildman–Crippen LogP) is 0.824. The number of ether oxygens (including phenoxy) is 1. The van der Waals surface area contributed by atoms with Crippen LogP contribution in [0.15, 0.2) is 30.7 Å². The van der Waals surface area contributed by atoms with Gasteiger partial charge in [-0.15, -0.1) is 0 Å². The highest BCUT2D eigenvalue weighted by molar-refractivity contribution is 5.69. The molecule has 0 fully saturated rings. The van der Waals surface area contributed by atoms with Crippen molar-refractivity contribution in [3.63, 3.8) is 0 Å². The lowest BCUT2D eigenvalue weighted by atomic mass is 10.2. The summed E-state index contributed by atoms with van der Waals surface area (Å²) in [6.45, 7) is 0.0641.